The summed E-state index contributed by atoms with van der Waals surface area (Å²) >= 11 is 1.15. The minimum Gasteiger partial charge on any atom is -0.481 e. The standard InChI is InChI=1S/C44H60FN5O7S/c1-8-28(4)39(48-41(53)36-16-12-13-21-49(36)7)43(54)50(25-32-14-10-9-11-15-32)37(27(2)3)24-38(57-30(6)51)42-47-35(26-58-42)40(52)46-34(22-29(5)44(55)56)23-31-17-19-33(45)20-18-31/h9-11,14-15,17-20,26-29,34,36-39H,8,12-13,16,21-25H2,1-7H3,(H,46,52)(H,48,53)(H,55,56)/t28-,29-,34+,36+,37+,38+,39-/m0/s1. The van der Waals surface area contributed by atoms with Crippen LogP contribution in [0.15, 0.2) is 60.0 Å². The Morgan fingerprint density at radius 1 is 0.983 bits per heavy atom. The molecule has 1 aromatic heterocycles. The summed E-state index contributed by atoms with van der Waals surface area (Å²) in [5.74, 6) is -3.96. The molecule has 7 atom stereocenters. The highest BCUT2D eigenvalue weighted by Gasteiger charge is 2.39. The van der Waals surface area contributed by atoms with Crippen molar-refractivity contribution in [2.24, 2.45) is 17.8 Å². The molecule has 0 unspecified atom stereocenters. The summed E-state index contributed by atoms with van der Waals surface area (Å²) in [6.07, 6.45) is 2.99. The molecular formula is C44H60FN5O7S. The first-order valence-corrected chi connectivity index (χ1v) is 21.2. The number of carbonyl (C=O) groups excluding carboxylic acids is 4. The third kappa shape index (κ3) is 13.2. The lowest BCUT2D eigenvalue weighted by Crippen LogP contribution is -2.58. The van der Waals surface area contributed by atoms with Crippen LogP contribution in [0, 0.1) is 23.6 Å². The van der Waals surface area contributed by atoms with E-state index in [1.165, 1.54) is 19.1 Å². The Bertz CT molecular complexity index is 1820. The van der Waals surface area contributed by atoms with Crippen molar-refractivity contribution in [1.29, 1.82) is 0 Å². The van der Waals surface area contributed by atoms with Crippen molar-refractivity contribution < 1.29 is 38.2 Å². The minimum absolute atomic E-state index is 0.0646. The summed E-state index contributed by atoms with van der Waals surface area (Å²) in [6.45, 7) is 11.9. The maximum Gasteiger partial charge on any atom is 0.306 e. The summed E-state index contributed by atoms with van der Waals surface area (Å²) in [5, 5.41) is 17.6. The molecular weight excluding hydrogens is 762 g/mol. The molecule has 1 saturated heterocycles. The number of hydrogen-bond acceptors (Lipinski definition) is 9. The van der Waals surface area contributed by atoms with Gasteiger partial charge in [0, 0.05) is 37.4 Å². The van der Waals surface area contributed by atoms with E-state index < -0.39 is 53.8 Å². The summed E-state index contributed by atoms with van der Waals surface area (Å²) < 4.78 is 19.5. The Hall–Kier alpha value is -4.69. The van der Waals surface area contributed by atoms with E-state index in [2.05, 4.69) is 15.6 Å². The van der Waals surface area contributed by atoms with Gasteiger partial charge in [0.15, 0.2) is 6.10 Å². The molecule has 0 saturated carbocycles. The number of thiazole rings is 1. The van der Waals surface area contributed by atoms with Crippen LogP contribution in [0.3, 0.4) is 0 Å². The lowest BCUT2D eigenvalue weighted by Gasteiger charge is -2.40. The van der Waals surface area contributed by atoms with E-state index in [-0.39, 0.29) is 61.2 Å². The summed E-state index contributed by atoms with van der Waals surface area (Å²) in [6, 6.07) is 13.2. The number of nitrogens with zero attached hydrogens (tertiary/aromatic N) is 3. The van der Waals surface area contributed by atoms with E-state index >= 15 is 0 Å². The van der Waals surface area contributed by atoms with Crippen molar-refractivity contribution in [3.05, 3.63) is 87.6 Å². The first-order chi connectivity index (χ1) is 27.6. The summed E-state index contributed by atoms with van der Waals surface area (Å²) in [5.41, 5.74) is 1.69. The van der Waals surface area contributed by atoms with E-state index in [0.717, 1.165) is 48.3 Å². The molecule has 14 heteroatoms. The number of aromatic nitrogens is 1. The van der Waals surface area contributed by atoms with Crippen molar-refractivity contribution in [2.75, 3.05) is 13.6 Å². The Labute approximate surface area is 345 Å². The number of carboxylic acids is 1. The van der Waals surface area contributed by atoms with Crippen molar-refractivity contribution in [2.45, 2.75) is 123 Å². The number of piperidine rings is 1. The van der Waals surface area contributed by atoms with Crippen LogP contribution in [-0.4, -0.2) is 87.3 Å². The van der Waals surface area contributed by atoms with Gasteiger partial charge >= 0.3 is 11.9 Å². The van der Waals surface area contributed by atoms with Gasteiger partial charge in [-0.2, -0.15) is 0 Å². The number of halogens is 1. The SMILES string of the molecule is CC[C@H](C)[C@H](NC(=O)[C@H]1CCCCN1C)C(=O)N(Cc1ccccc1)[C@H](C[C@@H](OC(C)=O)c1nc(C(=O)N[C@@H](Cc2ccc(F)cc2)C[C@H](C)C(=O)O)cs1)C(C)C. The summed E-state index contributed by atoms with van der Waals surface area (Å²) in [7, 11) is 1.94. The fraction of sp³-hybridized carbons (Fsp3) is 0.545. The monoisotopic (exact) mass is 821 g/mol. The number of nitrogens with one attached hydrogen (secondary N) is 2. The number of benzene rings is 2. The molecule has 3 amide bonds. The maximum absolute atomic E-state index is 15.0. The van der Waals surface area contributed by atoms with E-state index in [4.69, 9.17) is 4.74 Å². The van der Waals surface area contributed by atoms with Gasteiger partial charge < -0.3 is 25.4 Å². The summed E-state index contributed by atoms with van der Waals surface area (Å²) in [4.78, 5) is 75.2. The van der Waals surface area contributed by atoms with Crippen molar-refractivity contribution in [3.63, 3.8) is 0 Å². The fourth-order valence-corrected chi connectivity index (χ4v) is 8.30. The zero-order valence-electron chi connectivity index (χ0n) is 34.8. The molecule has 0 spiro atoms. The van der Waals surface area contributed by atoms with Gasteiger partial charge in [-0.15, -0.1) is 11.3 Å². The molecule has 12 nitrogen and oxygen atoms in total. The smallest absolute Gasteiger partial charge is 0.306 e. The van der Waals surface area contributed by atoms with Crippen molar-refractivity contribution in [3.8, 4) is 0 Å². The molecule has 0 bridgehead atoms. The van der Waals surface area contributed by atoms with Gasteiger partial charge in [-0.25, -0.2) is 9.37 Å². The Morgan fingerprint density at radius 2 is 1.67 bits per heavy atom. The number of rotatable bonds is 20. The Balaban J connectivity index is 1.64. The highest BCUT2D eigenvalue weighted by molar-refractivity contribution is 7.09. The zero-order chi connectivity index (χ0) is 42.5. The number of aliphatic carboxylic acids is 1. The van der Waals surface area contributed by atoms with Gasteiger partial charge in [0.25, 0.3) is 5.91 Å². The molecule has 316 valence electrons. The van der Waals surface area contributed by atoms with E-state index in [0.29, 0.717) is 11.4 Å². The van der Waals surface area contributed by atoms with E-state index in [1.54, 1.807) is 29.3 Å². The van der Waals surface area contributed by atoms with Gasteiger partial charge in [0.05, 0.1) is 12.0 Å². The predicted octanol–water partition coefficient (Wildman–Crippen LogP) is 6.80. The topological polar surface area (TPSA) is 158 Å². The van der Waals surface area contributed by atoms with Gasteiger partial charge in [-0.1, -0.05) is 89.9 Å². The second-order valence-corrected chi connectivity index (χ2v) is 16.9. The van der Waals surface area contributed by atoms with Crippen LogP contribution in [-0.2, 0) is 36.9 Å². The number of likely N-dealkylation sites (tertiary alicyclic amines) is 1. The molecule has 1 fully saturated rings. The first kappa shape index (κ1) is 46.0. The molecule has 58 heavy (non-hydrogen) atoms. The first-order valence-electron chi connectivity index (χ1n) is 20.3. The van der Waals surface area contributed by atoms with E-state index in [9.17, 15) is 33.5 Å². The molecule has 1 aliphatic heterocycles. The largest absolute Gasteiger partial charge is 0.481 e. The lowest BCUT2D eigenvalue weighted by atomic mass is 9.91. The van der Waals surface area contributed by atoms with Crippen LogP contribution in [0.1, 0.15) is 113 Å². The number of ether oxygens (including phenoxy) is 1. The van der Waals surface area contributed by atoms with Crippen LogP contribution < -0.4 is 10.6 Å². The molecule has 2 heterocycles. The number of carbonyl (C=O) groups is 5. The number of amides is 3. The molecule has 1 aliphatic rings. The molecule has 0 aliphatic carbocycles. The highest BCUT2D eigenvalue weighted by Crippen LogP contribution is 2.32. The third-order valence-corrected chi connectivity index (χ3v) is 12.0. The Morgan fingerprint density at radius 3 is 2.28 bits per heavy atom. The van der Waals surface area contributed by atoms with Crippen LogP contribution >= 0.6 is 11.3 Å². The molecule has 4 rings (SSSR count). The number of esters is 1. The van der Waals surface area contributed by atoms with Crippen LogP contribution in [0.5, 0.6) is 0 Å². The highest BCUT2D eigenvalue weighted by atomic mass is 32.1. The van der Waals surface area contributed by atoms with Gasteiger partial charge in [0.2, 0.25) is 11.8 Å². The molecule has 2 aromatic carbocycles. The number of carboxylic acid groups (broad SMARTS) is 1. The quantitative estimate of drug-likeness (QED) is 0.104. The third-order valence-electron chi connectivity index (χ3n) is 11.1. The maximum atomic E-state index is 15.0. The van der Waals surface area contributed by atoms with Gasteiger partial charge in [-0.3, -0.25) is 28.9 Å². The molecule has 3 aromatic rings. The molecule has 3 N–H and O–H groups in total. The lowest BCUT2D eigenvalue weighted by molar-refractivity contribution is -0.150. The number of likely N-dealkylation sites (N-methyl/N-ethyl adjacent to an activating group) is 1. The number of hydrogen-bond donors (Lipinski definition) is 3. The van der Waals surface area contributed by atoms with Crippen LogP contribution in [0.2, 0.25) is 0 Å². The van der Waals surface area contributed by atoms with Crippen molar-refractivity contribution in [1.82, 2.24) is 25.4 Å². The second kappa shape index (κ2) is 21.9. The Kier molecular flexibility index (Phi) is 17.4. The van der Waals surface area contributed by atoms with Gasteiger partial charge in [-0.05, 0) is 74.4 Å². The van der Waals surface area contributed by atoms with Crippen LogP contribution in [0.25, 0.3) is 0 Å². The average Bonchev–Trinajstić information content (AvgIpc) is 3.69. The fourth-order valence-electron chi connectivity index (χ4n) is 7.46. The van der Waals surface area contributed by atoms with Gasteiger partial charge in [0.1, 0.15) is 22.6 Å². The van der Waals surface area contributed by atoms with Crippen molar-refractivity contribution >= 4 is 41.0 Å². The average molecular weight is 822 g/mol. The zero-order valence-corrected chi connectivity index (χ0v) is 35.6. The molecule has 0 radical (unpaired) electrons. The second-order valence-electron chi connectivity index (χ2n) is 16.0. The normalized spacial score (nSPS) is 17.6. The minimum atomic E-state index is -1.01. The van der Waals surface area contributed by atoms with Crippen LogP contribution in [0.4, 0.5) is 4.39 Å². The van der Waals surface area contributed by atoms with E-state index in [1.807, 2.05) is 70.0 Å². The predicted molar refractivity (Wildman–Crippen MR) is 221 cm³/mol.